The van der Waals surface area contributed by atoms with E-state index in [1.807, 2.05) is 12.1 Å². The highest BCUT2D eigenvalue weighted by Gasteiger charge is 2.20. The van der Waals surface area contributed by atoms with Gasteiger partial charge < -0.3 is 5.32 Å². The van der Waals surface area contributed by atoms with Crippen molar-refractivity contribution in [3.63, 3.8) is 0 Å². The van der Waals surface area contributed by atoms with E-state index in [9.17, 15) is 4.79 Å². The number of benzene rings is 1. The summed E-state index contributed by atoms with van der Waals surface area (Å²) in [5, 5.41) is 2.90. The first-order valence-corrected chi connectivity index (χ1v) is 7.20. The first kappa shape index (κ1) is 15.5. The van der Waals surface area contributed by atoms with Crippen LogP contribution in [0.25, 0.3) is 0 Å². The van der Waals surface area contributed by atoms with Crippen molar-refractivity contribution < 1.29 is 4.79 Å². The van der Waals surface area contributed by atoms with Gasteiger partial charge in [0.2, 0.25) is 0 Å². The van der Waals surface area contributed by atoms with E-state index in [4.69, 9.17) is 0 Å². The number of amides is 1. The third-order valence-corrected chi connectivity index (χ3v) is 3.48. The zero-order chi connectivity index (χ0) is 15.5. The smallest absolute Gasteiger partial charge is 0.252 e. The highest BCUT2D eigenvalue weighted by Crippen LogP contribution is 2.23. The molecular weight excluding hydrogens is 282 g/mol. The van der Waals surface area contributed by atoms with Crippen LogP contribution in [0.5, 0.6) is 0 Å². The predicted octanol–water partition coefficient (Wildman–Crippen LogP) is 2.99. The number of rotatable bonds is 3. The molecule has 0 radical (unpaired) electrons. The van der Waals surface area contributed by atoms with Crippen molar-refractivity contribution in [2.45, 2.75) is 37.6 Å². The van der Waals surface area contributed by atoms with Gasteiger partial charge in [-0.1, -0.05) is 32.9 Å². The molecule has 1 amide bonds. The molecule has 0 aliphatic heterocycles. The van der Waals surface area contributed by atoms with E-state index >= 15 is 0 Å². The fraction of sp³-hybridized carbons (Fsp3) is 0.312. The fourth-order valence-electron chi connectivity index (χ4n) is 2.10. The zero-order valence-electron chi connectivity index (χ0n) is 12.4. The third kappa shape index (κ3) is 3.82. The molecule has 0 saturated heterocycles. The maximum absolute atomic E-state index is 12.2. The standard InChI is InChI=1S/C16H19N3OS/c1-16(2,3)14-11(8-17-10-19-14)9-18-15(20)12-6-4-5-7-13(12)21/h4-8,10,21H,9H2,1-3H3,(H,18,20). The van der Waals surface area contributed by atoms with Crippen LogP contribution in [0.3, 0.4) is 0 Å². The van der Waals surface area contributed by atoms with Crippen LogP contribution in [0, 0.1) is 0 Å². The van der Waals surface area contributed by atoms with Gasteiger partial charge in [-0.25, -0.2) is 9.97 Å². The van der Waals surface area contributed by atoms with Gasteiger partial charge in [0.1, 0.15) is 6.33 Å². The molecule has 2 aromatic rings. The van der Waals surface area contributed by atoms with Gasteiger partial charge in [-0.2, -0.15) is 0 Å². The summed E-state index contributed by atoms with van der Waals surface area (Å²) in [4.78, 5) is 21.3. The van der Waals surface area contributed by atoms with Gasteiger partial charge in [-0.05, 0) is 12.1 Å². The lowest BCUT2D eigenvalue weighted by atomic mass is 9.89. The van der Waals surface area contributed by atoms with Crippen LogP contribution >= 0.6 is 12.6 Å². The van der Waals surface area contributed by atoms with E-state index < -0.39 is 0 Å². The van der Waals surface area contributed by atoms with Gasteiger partial charge in [0, 0.05) is 28.6 Å². The quantitative estimate of drug-likeness (QED) is 0.857. The highest BCUT2D eigenvalue weighted by atomic mass is 32.1. The van der Waals surface area contributed by atoms with Gasteiger partial charge >= 0.3 is 0 Å². The average molecular weight is 301 g/mol. The number of carbonyl (C=O) groups is 1. The first-order chi connectivity index (χ1) is 9.89. The second-order valence-corrected chi connectivity index (χ2v) is 6.33. The second kappa shape index (κ2) is 6.26. The fourth-order valence-corrected chi connectivity index (χ4v) is 2.36. The molecule has 0 atom stereocenters. The maximum Gasteiger partial charge on any atom is 0.252 e. The Labute approximate surface area is 130 Å². The number of aromatic nitrogens is 2. The van der Waals surface area contributed by atoms with Gasteiger partial charge in [0.25, 0.3) is 5.91 Å². The van der Waals surface area contributed by atoms with Gasteiger partial charge in [0.15, 0.2) is 0 Å². The minimum absolute atomic E-state index is 0.0928. The number of hydrogen-bond donors (Lipinski definition) is 2. The van der Waals surface area contributed by atoms with Gasteiger partial charge in [0.05, 0.1) is 11.3 Å². The Hall–Kier alpha value is -1.88. The van der Waals surface area contributed by atoms with E-state index in [1.54, 1.807) is 18.3 Å². The van der Waals surface area contributed by atoms with Crippen LogP contribution in [0.2, 0.25) is 0 Å². The van der Waals surface area contributed by atoms with Crippen molar-refractivity contribution in [3.05, 3.63) is 53.6 Å². The van der Waals surface area contributed by atoms with Crippen LogP contribution in [0.1, 0.15) is 42.4 Å². The molecular formula is C16H19N3OS. The molecule has 0 aliphatic carbocycles. The molecule has 1 heterocycles. The summed E-state index contributed by atoms with van der Waals surface area (Å²) in [6.45, 7) is 6.66. The number of nitrogens with zero attached hydrogens (tertiary/aromatic N) is 2. The molecule has 1 N–H and O–H groups in total. The van der Waals surface area contributed by atoms with Crippen molar-refractivity contribution in [2.24, 2.45) is 0 Å². The monoisotopic (exact) mass is 301 g/mol. The predicted molar refractivity (Wildman–Crippen MR) is 85.6 cm³/mol. The van der Waals surface area contributed by atoms with E-state index in [-0.39, 0.29) is 11.3 Å². The number of hydrogen-bond acceptors (Lipinski definition) is 4. The summed E-state index contributed by atoms with van der Waals surface area (Å²) in [5.41, 5.74) is 2.34. The Bertz CT molecular complexity index is 650. The molecule has 0 unspecified atom stereocenters. The molecule has 0 saturated carbocycles. The first-order valence-electron chi connectivity index (χ1n) is 6.75. The summed E-state index contributed by atoms with van der Waals surface area (Å²) in [7, 11) is 0. The highest BCUT2D eigenvalue weighted by molar-refractivity contribution is 7.80. The molecule has 4 nitrogen and oxygen atoms in total. The summed E-state index contributed by atoms with van der Waals surface area (Å²) >= 11 is 4.30. The van der Waals surface area contributed by atoms with Crippen LogP contribution in [0.4, 0.5) is 0 Å². The Morgan fingerprint density at radius 2 is 2.00 bits per heavy atom. The largest absolute Gasteiger partial charge is 0.348 e. The normalized spacial score (nSPS) is 11.2. The van der Waals surface area contributed by atoms with Crippen LogP contribution in [0.15, 0.2) is 41.7 Å². The molecule has 1 aromatic carbocycles. The van der Waals surface area contributed by atoms with Gasteiger partial charge in [-0.15, -0.1) is 12.6 Å². The SMILES string of the molecule is CC(C)(C)c1ncncc1CNC(=O)c1ccccc1S. The molecule has 2 rings (SSSR count). The number of carbonyl (C=O) groups excluding carboxylic acids is 1. The minimum atomic E-state index is -0.149. The Morgan fingerprint density at radius 1 is 1.29 bits per heavy atom. The lowest BCUT2D eigenvalue weighted by Gasteiger charge is -2.21. The number of nitrogens with one attached hydrogen (secondary N) is 1. The van der Waals surface area contributed by atoms with E-state index in [0.717, 1.165) is 11.3 Å². The van der Waals surface area contributed by atoms with E-state index in [0.29, 0.717) is 17.0 Å². The summed E-state index contributed by atoms with van der Waals surface area (Å²) in [6.07, 6.45) is 3.29. The molecule has 0 spiro atoms. The number of thiol groups is 1. The van der Waals surface area contributed by atoms with Crippen molar-refractivity contribution >= 4 is 18.5 Å². The molecule has 0 aliphatic rings. The molecule has 1 aromatic heterocycles. The van der Waals surface area contributed by atoms with Crippen molar-refractivity contribution in [1.82, 2.24) is 15.3 Å². The third-order valence-electron chi connectivity index (χ3n) is 3.09. The lowest BCUT2D eigenvalue weighted by molar-refractivity contribution is 0.0947. The Kier molecular flexibility index (Phi) is 4.63. The summed E-state index contributed by atoms with van der Waals surface area (Å²) in [5.74, 6) is -0.149. The Balaban J connectivity index is 2.14. The van der Waals surface area contributed by atoms with Crippen LogP contribution < -0.4 is 5.32 Å². The maximum atomic E-state index is 12.2. The van der Waals surface area contributed by atoms with Crippen molar-refractivity contribution in [1.29, 1.82) is 0 Å². The lowest BCUT2D eigenvalue weighted by Crippen LogP contribution is -2.26. The molecule has 0 bridgehead atoms. The second-order valence-electron chi connectivity index (χ2n) is 5.85. The molecule has 5 heteroatoms. The minimum Gasteiger partial charge on any atom is -0.348 e. The average Bonchev–Trinajstić information content (AvgIpc) is 2.44. The molecule has 0 fully saturated rings. The topological polar surface area (TPSA) is 54.9 Å². The van der Waals surface area contributed by atoms with E-state index in [1.165, 1.54) is 6.33 Å². The molecule has 21 heavy (non-hydrogen) atoms. The summed E-state index contributed by atoms with van der Waals surface area (Å²) in [6, 6.07) is 7.22. The van der Waals surface area contributed by atoms with E-state index in [2.05, 4.69) is 48.7 Å². The van der Waals surface area contributed by atoms with Crippen LogP contribution in [-0.4, -0.2) is 15.9 Å². The van der Waals surface area contributed by atoms with Crippen molar-refractivity contribution in [3.8, 4) is 0 Å². The molecule has 110 valence electrons. The summed E-state index contributed by atoms with van der Waals surface area (Å²) < 4.78 is 0. The Morgan fingerprint density at radius 3 is 2.67 bits per heavy atom. The van der Waals surface area contributed by atoms with Crippen molar-refractivity contribution in [2.75, 3.05) is 0 Å². The van der Waals surface area contributed by atoms with Crippen LogP contribution in [-0.2, 0) is 12.0 Å². The van der Waals surface area contributed by atoms with Gasteiger partial charge in [-0.3, -0.25) is 4.79 Å². The zero-order valence-corrected chi connectivity index (χ0v) is 13.3.